The highest BCUT2D eigenvalue weighted by Crippen LogP contribution is 2.48. The van der Waals surface area contributed by atoms with Crippen LogP contribution < -0.4 is 9.64 Å². The Balaban J connectivity index is 1.55. The van der Waals surface area contributed by atoms with E-state index < -0.39 is 6.09 Å². The highest BCUT2D eigenvalue weighted by molar-refractivity contribution is 5.84. The van der Waals surface area contributed by atoms with Crippen molar-refractivity contribution < 1.29 is 14.6 Å². The first-order valence-corrected chi connectivity index (χ1v) is 11.1. The molecule has 32 heavy (non-hydrogen) atoms. The third kappa shape index (κ3) is 4.56. The Bertz CT molecular complexity index is 1110. The fourth-order valence-corrected chi connectivity index (χ4v) is 5.40. The molecule has 4 rings (SSSR count). The maximum Gasteiger partial charge on any atom is 0.413 e. The minimum atomic E-state index is -0.979. The van der Waals surface area contributed by atoms with Crippen molar-refractivity contribution in [1.82, 2.24) is 14.5 Å². The number of hydrogen-bond donors (Lipinski definition) is 1. The van der Waals surface area contributed by atoms with Crippen molar-refractivity contribution in [3.05, 3.63) is 48.4 Å². The van der Waals surface area contributed by atoms with Crippen LogP contribution in [0.3, 0.4) is 0 Å². The van der Waals surface area contributed by atoms with Crippen LogP contribution in [0, 0.1) is 17.8 Å². The van der Waals surface area contributed by atoms with Gasteiger partial charge in [-0.25, -0.2) is 14.8 Å². The zero-order valence-corrected chi connectivity index (χ0v) is 19.3. The van der Waals surface area contributed by atoms with Gasteiger partial charge in [0.05, 0.1) is 30.7 Å². The second-order valence-electron chi connectivity index (χ2n) is 9.94. The maximum atomic E-state index is 12.1. The van der Waals surface area contributed by atoms with Crippen LogP contribution in [0.15, 0.2) is 42.9 Å². The lowest BCUT2D eigenvalue weighted by Gasteiger charge is -2.46. The zero-order valence-electron chi connectivity index (χ0n) is 19.3. The lowest BCUT2D eigenvalue weighted by atomic mass is 9.63. The fraction of sp³-hybridized carbons (Fsp3) is 0.480. The molecule has 0 radical (unpaired) electrons. The minimum absolute atomic E-state index is 0.0574. The zero-order chi connectivity index (χ0) is 22.9. The quantitative estimate of drug-likeness (QED) is 0.550. The van der Waals surface area contributed by atoms with Gasteiger partial charge in [0, 0.05) is 13.1 Å². The largest absolute Gasteiger partial charge is 0.495 e. The average Bonchev–Trinajstić information content (AvgIpc) is 3.13. The monoisotopic (exact) mass is 436 g/mol. The Morgan fingerprint density at radius 3 is 2.66 bits per heavy atom. The van der Waals surface area contributed by atoms with Gasteiger partial charge in [-0.1, -0.05) is 26.3 Å². The molecule has 2 aromatic heterocycles. The molecule has 1 aliphatic carbocycles. The molecular formula is C25H32N4O3. The summed E-state index contributed by atoms with van der Waals surface area (Å²) in [6.07, 6.45) is 6.63. The fourth-order valence-electron chi connectivity index (χ4n) is 5.40. The van der Waals surface area contributed by atoms with Gasteiger partial charge in [0.1, 0.15) is 11.6 Å². The van der Waals surface area contributed by atoms with Crippen LogP contribution in [-0.2, 0) is 6.54 Å². The Kier molecular flexibility index (Phi) is 5.84. The van der Waals surface area contributed by atoms with Crippen LogP contribution >= 0.6 is 0 Å². The summed E-state index contributed by atoms with van der Waals surface area (Å²) < 4.78 is 7.42. The number of rotatable bonds is 6. The number of aromatic nitrogens is 3. The van der Waals surface area contributed by atoms with E-state index in [9.17, 15) is 9.90 Å². The van der Waals surface area contributed by atoms with Gasteiger partial charge >= 0.3 is 6.09 Å². The average molecular weight is 437 g/mol. The number of aryl methyl sites for hydroxylation is 1. The lowest BCUT2D eigenvalue weighted by Crippen LogP contribution is -2.45. The van der Waals surface area contributed by atoms with Crippen LogP contribution in [0.25, 0.3) is 11.0 Å². The molecule has 7 nitrogen and oxygen atoms in total. The van der Waals surface area contributed by atoms with Gasteiger partial charge in [-0.2, -0.15) is 0 Å². The number of ether oxygens (including phenoxy) is 1. The number of fused-ring (bicyclic) bond motifs is 1. The van der Waals surface area contributed by atoms with E-state index in [1.54, 1.807) is 25.4 Å². The number of imidazole rings is 1. The van der Waals surface area contributed by atoms with E-state index in [1.165, 1.54) is 10.5 Å². The van der Waals surface area contributed by atoms with E-state index in [4.69, 9.17) is 4.74 Å². The van der Waals surface area contributed by atoms with Gasteiger partial charge in [-0.05, 0) is 66.8 Å². The molecule has 1 amide bonds. The topological polar surface area (TPSA) is 80.5 Å². The number of hydrogen-bond acceptors (Lipinski definition) is 4. The van der Waals surface area contributed by atoms with Gasteiger partial charge < -0.3 is 14.4 Å². The summed E-state index contributed by atoms with van der Waals surface area (Å²) in [5, 5.41) is 9.92. The number of anilines is 1. The molecule has 7 heteroatoms. The Labute approximate surface area is 189 Å². The normalized spacial score (nSPS) is 23.2. The molecule has 0 spiro atoms. The molecule has 0 aliphatic heterocycles. The smallest absolute Gasteiger partial charge is 0.413 e. The van der Waals surface area contributed by atoms with Crippen LogP contribution in [0.2, 0.25) is 0 Å². The Morgan fingerprint density at radius 2 is 1.97 bits per heavy atom. The number of amides is 1. The number of benzene rings is 1. The molecule has 2 atom stereocenters. The highest BCUT2D eigenvalue weighted by atomic mass is 16.5. The predicted octanol–water partition coefficient (Wildman–Crippen LogP) is 5.52. The van der Waals surface area contributed by atoms with E-state index in [1.807, 2.05) is 6.33 Å². The van der Waals surface area contributed by atoms with Gasteiger partial charge in [0.25, 0.3) is 0 Å². The van der Waals surface area contributed by atoms with E-state index >= 15 is 0 Å². The first-order chi connectivity index (χ1) is 15.2. The number of nitrogens with zero attached hydrogens (tertiary/aromatic N) is 4. The summed E-state index contributed by atoms with van der Waals surface area (Å²) in [5.74, 6) is 1.04. The van der Waals surface area contributed by atoms with E-state index in [-0.39, 0.29) is 10.8 Å². The number of carboxylic acid groups (broad SMARTS) is 1. The summed E-state index contributed by atoms with van der Waals surface area (Å²) in [7, 11) is 1.57. The van der Waals surface area contributed by atoms with E-state index in [2.05, 4.69) is 53.5 Å². The molecule has 1 saturated carbocycles. The first kappa shape index (κ1) is 22.1. The number of carbonyl (C=O) groups is 1. The lowest BCUT2D eigenvalue weighted by molar-refractivity contribution is 0.0742. The molecule has 1 N–H and O–H groups in total. The van der Waals surface area contributed by atoms with E-state index in [0.29, 0.717) is 18.1 Å². The molecule has 1 aliphatic rings. The summed E-state index contributed by atoms with van der Waals surface area (Å²) >= 11 is 0. The van der Waals surface area contributed by atoms with Crippen molar-refractivity contribution in [2.75, 3.05) is 18.6 Å². The molecule has 170 valence electrons. The minimum Gasteiger partial charge on any atom is -0.495 e. The molecule has 0 saturated heterocycles. The van der Waals surface area contributed by atoms with Crippen LogP contribution in [0.4, 0.5) is 10.6 Å². The second kappa shape index (κ2) is 8.45. The molecule has 2 heterocycles. The van der Waals surface area contributed by atoms with Crippen molar-refractivity contribution in [2.24, 2.45) is 10.8 Å². The summed E-state index contributed by atoms with van der Waals surface area (Å²) in [5.41, 5.74) is 3.32. The highest BCUT2D eigenvalue weighted by Gasteiger charge is 2.41. The summed E-state index contributed by atoms with van der Waals surface area (Å²) in [6.45, 7) is 7.92. The van der Waals surface area contributed by atoms with Crippen molar-refractivity contribution >= 4 is 22.9 Å². The van der Waals surface area contributed by atoms with Gasteiger partial charge in [0.15, 0.2) is 0 Å². The van der Waals surface area contributed by atoms with Crippen LogP contribution in [-0.4, -0.2) is 39.4 Å². The third-order valence-corrected chi connectivity index (χ3v) is 6.75. The van der Waals surface area contributed by atoms with E-state index in [0.717, 1.165) is 43.3 Å². The SMILES string of the molecule is COc1ccc(N(CC2(C)CCCC(C)(Cn3cnc4ccc(C)cc43)C2)C(=O)O)nc1. The van der Waals surface area contributed by atoms with Crippen molar-refractivity contribution in [3.8, 4) is 5.75 Å². The molecule has 2 unspecified atom stereocenters. The number of methoxy groups -OCH3 is 1. The van der Waals surface area contributed by atoms with Gasteiger partial charge in [-0.15, -0.1) is 0 Å². The Morgan fingerprint density at radius 1 is 1.19 bits per heavy atom. The van der Waals surface area contributed by atoms with Gasteiger partial charge in [-0.3, -0.25) is 4.90 Å². The Hall–Kier alpha value is -3.09. The van der Waals surface area contributed by atoms with Crippen LogP contribution in [0.1, 0.15) is 45.1 Å². The molecule has 1 aromatic carbocycles. The first-order valence-electron chi connectivity index (χ1n) is 11.1. The third-order valence-electron chi connectivity index (χ3n) is 6.75. The predicted molar refractivity (Wildman–Crippen MR) is 125 cm³/mol. The molecular weight excluding hydrogens is 404 g/mol. The van der Waals surface area contributed by atoms with Gasteiger partial charge in [0.2, 0.25) is 0 Å². The molecule has 0 bridgehead atoms. The van der Waals surface area contributed by atoms with Crippen LogP contribution in [0.5, 0.6) is 5.75 Å². The summed E-state index contributed by atoms with van der Waals surface area (Å²) in [4.78, 5) is 22.4. The number of pyridine rings is 1. The molecule has 1 fully saturated rings. The van der Waals surface area contributed by atoms with Crippen molar-refractivity contribution in [1.29, 1.82) is 0 Å². The van der Waals surface area contributed by atoms with Crippen molar-refractivity contribution in [3.63, 3.8) is 0 Å². The second-order valence-corrected chi connectivity index (χ2v) is 9.94. The summed E-state index contributed by atoms with van der Waals surface area (Å²) in [6, 6.07) is 9.80. The maximum absolute atomic E-state index is 12.1. The molecule has 3 aromatic rings. The van der Waals surface area contributed by atoms with Crippen molar-refractivity contribution in [2.45, 2.75) is 53.0 Å². The standard InChI is InChI=1S/C25H32N4O3/c1-18-6-8-20-21(12-18)28(17-27-20)15-24(2)10-5-11-25(3,14-24)16-29(23(30)31)22-9-7-19(32-4)13-26-22/h6-9,12-13,17H,5,10-11,14-16H2,1-4H3,(H,30,31).